The maximum absolute atomic E-state index is 12.9. The van der Waals surface area contributed by atoms with Crippen molar-refractivity contribution in [3.63, 3.8) is 0 Å². The van der Waals surface area contributed by atoms with E-state index in [4.69, 9.17) is 15.1 Å². The average Bonchev–Trinajstić information content (AvgIpc) is 3.91. The molecule has 0 radical (unpaired) electrons. The molecule has 10 N–H and O–H groups in total. The molecule has 0 bridgehead atoms. The van der Waals surface area contributed by atoms with Gasteiger partial charge in [0.25, 0.3) is 0 Å². The SMILES string of the molecule is NS(=O)(=O)c1cccc(NC(=O)N[C@@H]2CCN(c3nc(N[C@H](CO)Cc4ccccc4)c4ncn([C@@H]5C[C@H](n6c(O)c[nH]c6=O)[C@@H](O)[C@H]5O)c4n3)C2)c1. The second-order valence-electron chi connectivity index (χ2n) is 13.2. The smallest absolute Gasteiger partial charge is 0.328 e. The van der Waals surface area contributed by atoms with Crippen molar-refractivity contribution < 1.29 is 33.6 Å². The number of nitrogens with two attached hydrogens (primary N) is 1. The Morgan fingerprint density at radius 1 is 1.08 bits per heavy atom. The number of H-pyrrole nitrogens is 1. The van der Waals surface area contributed by atoms with E-state index in [1.807, 2.05) is 35.2 Å². The number of nitrogens with one attached hydrogen (secondary N) is 4. The van der Waals surface area contributed by atoms with Crippen LogP contribution < -0.4 is 31.7 Å². The number of urea groups is 1. The second kappa shape index (κ2) is 14.5. The highest BCUT2D eigenvalue weighted by molar-refractivity contribution is 7.89. The molecule has 1 aliphatic heterocycles. The van der Waals surface area contributed by atoms with Gasteiger partial charge in [-0.25, -0.2) is 28.1 Å². The number of primary sulfonamides is 1. The molecule has 5 aromatic rings. The lowest BCUT2D eigenvalue weighted by Crippen LogP contribution is -2.40. The van der Waals surface area contributed by atoms with E-state index in [1.165, 1.54) is 30.6 Å². The monoisotopic (exact) mass is 749 g/mol. The Morgan fingerprint density at radius 2 is 1.85 bits per heavy atom. The zero-order chi connectivity index (χ0) is 37.4. The predicted molar refractivity (Wildman–Crippen MR) is 192 cm³/mol. The quantitative estimate of drug-likeness (QED) is 0.0861. The highest BCUT2D eigenvalue weighted by Crippen LogP contribution is 2.41. The molecule has 4 heterocycles. The summed E-state index contributed by atoms with van der Waals surface area (Å²) < 4.78 is 26.1. The first-order valence-corrected chi connectivity index (χ1v) is 18.4. The van der Waals surface area contributed by atoms with Crippen LogP contribution in [0, 0.1) is 0 Å². The van der Waals surface area contributed by atoms with Gasteiger partial charge in [0, 0.05) is 24.8 Å². The van der Waals surface area contributed by atoms with Crippen molar-refractivity contribution in [1.29, 1.82) is 0 Å². The Labute approximate surface area is 302 Å². The van der Waals surface area contributed by atoms with Crippen molar-refractivity contribution in [1.82, 2.24) is 34.4 Å². The minimum absolute atomic E-state index is 0.0550. The third-order valence-electron chi connectivity index (χ3n) is 9.62. The summed E-state index contributed by atoms with van der Waals surface area (Å²) in [5.74, 6) is 0.203. The van der Waals surface area contributed by atoms with Gasteiger partial charge in [-0.2, -0.15) is 9.97 Å². The lowest BCUT2D eigenvalue weighted by molar-refractivity contribution is 0.00763. The van der Waals surface area contributed by atoms with Gasteiger partial charge in [-0.3, -0.25) is 4.57 Å². The standard InChI is InChI=1S/C33H39N11O8S/c34-53(51,52)22-8-4-7-19(12-22)38-32(49)39-20-9-10-42(15-20)31-40-29(37-21(16-45)11-18-5-2-1-3-6-18)26-30(41-31)43(17-36-26)23-13-24(28(48)27(23)47)44-25(46)14-35-33(44)50/h1-8,12,14,17,20-21,23-24,27-28,45-48H,9-11,13,15-16H2,(H,35,50)(H2,34,51,52)(H,37,40,41)(H2,38,39,49)/t20-,21+,23-,24+,27+,28-/m1/s1. The minimum Gasteiger partial charge on any atom is -0.493 e. The highest BCUT2D eigenvalue weighted by Gasteiger charge is 2.45. The number of aromatic hydroxyl groups is 1. The van der Waals surface area contributed by atoms with E-state index in [-0.39, 0.29) is 41.5 Å². The van der Waals surface area contributed by atoms with Gasteiger partial charge >= 0.3 is 11.7 Å². The first-order valence-electron chi connectivity index (χ1n) is 16.9. The van der Waals surface area contributed by atoms with Gasteiger partial charge in [-0.05, 0) is 43.0 Å². The molecule has 0 unspecified atom stereocenters. The number of fused-ring (bicyclic) bond motifs is 1. The Kier molecular flexibility index (Phi) is 9.79. The Bertz CT molecular complexity index is 2280. The number of rotatable bonds is 11. The van der Waals surface area contributed by atoms with Crippen molar-refractivity contribution in [2.24, 2.45) is 5.14 Å². The van der Waals surface area contributed by atoms with Gasteiger partial charge in [-0.1, -0.05) is 36.4 Å². The molecule has 2 aromatic carbocycles. The van der Waals surface area contributed by atoms with Gasteiger partial charge in [0.15, 0.2) is 17.0 Å². The molecule has 53 heavy (non-hydrogen) atoms. The fourth-order valence-corrected chi connectivity index (χ4v) is 7.57. The number of sulfonamides is 1. The van der Waals surface area contributed by atoms with E-state index < -0.39 is 52.1 Å². The number of hydrogen-bond acceptors (Lipinski definition) is 13. The number of aromatic amines is 1. The van der Waals surface area contributed by atoms with Crippen LogP contribution in [0.15, 0.2) is 76.8 Å². The molecule has 1 saturated carbocycles. The molecule has 1 saturated heterocycles. The molecule has 19 nitrogen and oxygen atoms in total. The van der Waals surface area contributed by atoms with Crippen molar-refractivity contribution in [3.05, 3.63) is 83.2 Å². The van der Waals surface area contributed by atoms with Crippen LogP contribution in [0.25, 0.3) is 11.2 Å². The third-order valence-corrected chi connectivity index (χ3v) is 10.5. The van der Waals surface area contributed by atoms with Crippen LogP contribution in [-0.4, -0.2) is 108 Å². The number of nitrogens with zero attached hydrogens (tertiary/aromatic N) is 6. The number of hydrogen-bond donors (Lipinski definition) is 9. The fraction of sp³-hybridized carbons (Fsp3) is 0.364. The Balaban J connectivity index is 1.16. The van der Waals surface area contributed by atoms with Gasteiger partial charge < -0.3 is 50.8 Å². The molecule has 2 amide bonds. The molecule has 3 aromatic heterocycles. The topological polar surface area (TPSA) is 279 Å². The number of carbonyl (C=O) groups is 1. The zero-order valence-electron chi connectivity index (χ0n) is 28.1. The molecule has 20 heteroatoms. The van der Waals surface area contributed by atoms with Crippen LogP contribution in [0.5, 0.6) is 5.88 Å². The lowest BCUT2D eigenvalue weighted by Gasteiger charge is -2.22. The van der Waals surface area contributed by atoms with E-state index in [0.29, 0.717) is 42.9 Å². The van der Waals surface area contributed by atoms with Crippen LogP contribution in [-0.2, 0) is 16.4 Å². The van der Waals surface area contributed by atoms with E-state index in [9.17, 15) is 38.4 Å². The molecule has 280 valence electrons. The zero-order valence-corrected chi connectivity index (χ0v) is 29.0. The van der Waals surface area contributed by atoms with Gasteiger partial charge in [0.1, 0.15) is 12.2 Å². The number of imidazole rings is 2. The first-order chi connectivity index (χ1) is 25.4. The summed E-state index contributed by atoms with van der Waals surface area (Å²) >= 11 is 0. The second-order valence-corrected chi connectivity index (χ2v) is 14.7. The molecular formula is C33H39N11O8S. The molecule has 1 aliphatic carbocycles. The van der Waals surface area contributed by atoms with Gasteiger partial charge in [0.2, 0.25) is 21.9 Å². The maximum Gasteiger partial charge on any atom is 0.328 e. The van der Waals surface area contributed by atoms with Crippen molar-refractivity contribution >= 4 is 44.7 Å². The predicted octanol–water partition coefficient (Wildman–Crippen LogP) is -0.00710. The number of carbonyl (C=O) groups excluding carboxylic acids is 1. The van der Waals surface area contributed by atoms with Crippen LogP contribution in [0.3, 0.4) is 0 Å². The number of aliphatic hydroxyl groups is 3. The number of anilines is 3. The van der Waals surface area contributed by atoms with Crippen LogP contribution in [0.2, 0.25) is 0 Å². The summed E-state index contributed by atoms with van der Waals surface area (Å²) in [7, 11) is -3.96. The van der Waals surface area contributed by atoms with Crippen LogP contribution >= 0.6 is 0 Å². The Hall–Kier alpha value is -5.54. The third kappa shape index (κ3) is 7.39. The van der Waals surface area contributed by atoms with E-state index in [2.05, 4.69) is 25.9 Å². The van der Waals surface area contributed by atoms with E-state index in [1.54, 1.807) is 4.57 Å². The normalized spacial score (nSPS) is 22.3. The highest BCUT2D eigenvalue weighted by atomic mass is 32.2. The van der Waals surface area contributed by atoms with Gasteiger partial charge in [0.05, 0.1) is 42.2 Å². The average molecular weight is 750 g/mol. The van der Waals surface area contributed by atoms with E-state index >= 15 is 0 Å². The van der Waals surface area contributed by atoms with Crippen molar-refractivity contribution in [2.45, 2.75) is 60.5 Å². The number of benzene rings is 2. The van der Waals surface area contributed by atoms with E-state index in [0.717, 1.165) is 16.3 Å². The number of amides is 2. The van der Waals surface area contributed by atoms with Crippen molar-refractivity contribution in [3.8, 4) is 5.88 Å². The van der Waals surface area contributed by atoms with Crippen LogP contribution in [0.1, 0.15) is 30.5 Å². The maximum atomic E-state index is 12.9. The Morgan fingerprint density at radius 3 is 2.57 bits per heavy atom. The molecule has 2 aliphatic rings. The minimum atomic E-state index is -3.96. The molecule has 7 rings (SSSR count). The summed E-state index contributed by atoms with van der Waals surface area (Å²) in [6.45, 7) is 0.520. The molecule has 6 atom stereocenters. The molecular weight excluding hydrogens is 710 g/mol. The molecule has 2 fully saturated rings. The number of aliphatic hydroxyl groups excluding tert-OH is 3. The summed E-state index contributed by atoms with van der Waals surface area (Å²) in [5.41, 5.74) is 1.23. The summed E-state index contributed by atoms with van der Waals surface area (Å²) in [6, 6.07) is 12.1. The summed E-state index contributed by atoms with van der Waals surface area (Å²) in [5, 5.41) is 56.9. The largest absolute Gasteiger partial charge is 0.493 e. The van der Waals surface area contributed by atoms with Crippen LogP contribution in [0.4, 0.5) is 22.2 Å². The molecule has 0 spiro atoms. The summed E-state index contributed by atoms with van der Waals surface area (Å²) in [6.07, 6.45) is 0.852. The first kappa shape index (κ1) is 35.8. The fourth-order valence-electron chi connectivity index (χ4n) is 7.01. The lowest BCUT2D eigenvalue weighted by atomic mass is 10.1. The number of aromatic nitrogens is 6. The van der Waals surface area contributed by atoms with Gasteiger partial charge in [-0.15, -0.1) is 0 Å². The van der Waals surface area contributed by atoms with Crippen molar-refractivity contribution in [2.75, 3.05) is 35.2 Å². The summed E-state index contributed by atoms with van der Waals surface area (Å²) in [4.78, 5) is 43.6.